The van der Waals surface area contributed by atoms with E-state index < -0.39 is 40.2 Å². The molecule has 0 aromatic heterocycles. The standard InChI is InChI=1S/C27H30FN3O5S/c1-29-27(33)25(17-20-9-5-4-6-10-20)30(18-21-11-7-8-12-24(21)28)26(32)19-31(37(3,34)35)22-13-15-23(36-2)16-14-22/h4-16,25H,17-19H2,1-3H3,(H,29,33)/t25-/m0/s1. The number of nitrogens with zero attached hydrogens (tertiary/aromatic N) is 2. The molecule has 1 atom stereocenters. The minimum atomic E-state index is -3.89. The van der Waals surface area contributed by atoms with Crippen LogP contribution in [0.3, 0.4) is 0 Å². The van der Waals surface area contributed by atoms with Crippen LogP contribution < -0.4 is 14.4 Å². The highest BCUT2D eigenvalue weighted by atomic mass is 32.2. The van der Waals surface area contributed by atoms with Crippen LogP contribution in [-0.4, -0.2) is 58.1 Å². The van der Waals surface area contributed by atoms with Crippen LogP contribution >= 0.6 is 0 Å². The molecule has 0 fully saturated rings. The number of rotatable bonds is 11. The number of ether oxygens (including phenoxy) is 1. The monoisotopic (exact) mass is 527 g/mol. The summed E-state index contributed by atoms with van der Waals surface area (Å²) in [5.74, 6) is -1.13. The minimum absolute atomic E-state index is 0.155. The minimum Gasteiger partial charge on any atom is -0.497 e. The number of methoxy groups -OCH3 is 1. The Bertz CT molecular complexity index is 1320. The molecule has 0 aliphatic rings. The molecule has 3 rings (SSSR count). The van der Waals surface area contributed by atoms with Gasteiger partial charge in [0, 0.05) is 25.6 Å². The van der Waals surface area contributed by atoms with Crippen molar-refractivity contribution < 1.29 is 27.1 Å². The normalized spacial score (nSPS) is 11.9. The number of nitrogens with one attached hydrogen (secondary N) is 1. The van der Waals surface area contributed by atoms with Gasteiger partial charge in [-0.25, -0.2) is 12.8 Å². The molecule has 0 heterocycles. The highest BCUT2D eigenvalue weighted by molar-refractivity contribution is 7.92. The molecule has 0 bridgehead atoms. The van der Waals surface area contributed by atoms with E-state index in [0.29, 0.717) is 5.75 Å². The zero-order chi connectivity index (χ0) is 27.0. The van der Waals surface area contributed by atoms with Crippen LogP contribution in [0, 0.1) is 5.82 Å². The SMILES string of the molecule is CNC(=O)[C@H](Cc1ccccc1)N(Cc1ccccc1F)C(=O)CN(c1ccc(OC)cc1)S(C)(=O)=O. The fourth-order valence-electron chi connectivity index (χ4n) is 3.89. The second-order valence-electron chi connectivity index (χ2n) is 8.40. The van der Waals surface area contributed by atoms with Crippen LogP contribution in [0.5, 0.6) is 5.75 Å². The van der Waals surface area contributed by atoms with Crippen molar-refractivity contribution in [3.63, 3.8) is 0 Å². The van der Waals surface area contributed by atoms with Gasteiger partial charge in [-0.05, 0) is 35.9 Å². The molecule has 0 unspecified atom stereocenters. The van der Waals surface area contributed by atoms with Gasteiger partial charge in [0.05, 0.1) is 19.1 Å². The molecule has 0 saturated carbocycles. The van der Waals surface area contributed by atoms with Gasteiger partial charge in [-0.15, -0.1) is 0 Å². The van der Waals surface area contributed by atoms with Crippen molar-refractivity contribution >= 4 is 27.5 Å². The van der Waals surface area contributed by atoms with E-state index >= 15 is 0 Å². The van der Waals surface area contributed by atoms with Gasteiger partial charge in [-0.3, -0.25) is 13.9 Å². The van der Waals surface area contributed by atoms with E-state index in [-0.39, 0.29) is 24.2 Å². The third-order valence-corrected chi connectivity index (χ3v) is 7.00. The summed E-state index contributed by atoms with van der Waals surface area (Å²) >= 11 is 0. The maximum Gasteiger partial charge on any atom is 0.244 e. The van der Waals surface area contributed by atoms with Crippen molar-refractivity contribution in [1.82, 2.24) is 10.2 Å². The summed E-state index contributed by atoms with van der Waals surface area (Å²) in [6.07, 6.45) is 1.15. The van der Waals surface area contributed by atoms with Crippen molar-refractivity contribution in [1.29, 1.82) is 0 Å². The number of hydrogen-bond donors (Lipinski definition) is 1. The first-order valence-electron chi connectivity index (χ1n) is 11.5. The zero-order valence-electron chi connectivity index (χ0n) is 20.9. The Morgan fingerprint density at radius 1 is 0.973 bits per heavy atom. The van der Waals surface area contributed by atoms with Crippen molar-refractivity contribution in [3.8, 4) is 5.75 Å². The Balaban J connectivity index is 2.02. The first kappa shape index (κ1) is 27.7. The van der Waals surface area contributed by atoms with E-state index in [1.165, 1.54) is 49.4 Å². The molecule has 0 spiro atoms. The molecule has 1 N–H and O–H groups in total. The van der Waals surface area contributed by atoms with Crippen LogP contribution in [0.1, 0.15) is 11.1 Å². The lowest BCUT2D eigenvalue weighted by atomic mass is 10.0. The molecule has 0 aliphatic heterocycles. The number of amides is 2. The molecule has 196 valence electrons. The average molecular weight is 528 g/mol. The van der Waals surface area contributed by atoms with Crippen molar-refractivity contribution in [2.24, 2.45) is 0 Å². The van der Waals surface area contributed by atoms with E-state index in [0.717, 1.165) is 16.1 Å². The van der Waals surface area contributed by atoms with Gasteiger partial charge in [0.25, 0.3) is 0 Å². The summed E-state index contributed by atoms with van der Waals surface area (Å²) in [5.41, 5.74) is 1.24. The third kappa shape index (κ3) is 7.29. The van der Waals surface area contributed by atoms with Gasteiger partial charge < -0.3 is 15.0 Å². The summed E-state index contributed by atoms with van der Waals surface area (Å²) < 4.78 is 46.1. The zero-order valence-corrected chi connectivity index (χ0v) is 21.7. The van der Waals surface area contributed by atoms with Gasteiger partial charge in [0.2, 0.25) is 21.8 Å². The van der Waals surface area contributed by atoms with Gasteiger partial charge in [0.1, 0.15) is 24.2 Å². The van der Waals surface area contributed by atoms with E-state index in [1.54, 1.807) is 18.2 Å². The molecule has 10 heteroatoms. The van der Waals surface area contributed by atoms with Gasteiger partial charge in [-0.1, -0.05) is 48.5 Å². The number of carbonyl (C=O) groups excluding carboxylic acids is 2. The Hall–Kier alpha value is -3.92. The lowest BCUT2D eigenvalue weighted by Crippen LogP contribution is -2.53. The molecule has 2 amide bonds. The molecular weight excluding hydrogens is 497 g/mol. The molecule has 3 aromatic rings. The second kappa shape index (κ2) is 12.4. The Morgan fingerprint density at radius 2 is 1.59 bits per heavy atom. The predicted octanol–water partition coefficient (Wildman–Crippen LogP) is 2.99. The number of anilines is 1. The molecule has 3 aromatic carbocycles. The van der Waals surface area contributed by atoms with E-state index in [2.05, 4.69) is 5.32 Å². The quantitative estimate of drug-likeness (QED) is 0.414. The van der Waals surface area contributed by atoms with Gasteiger partial charge in [-0.2, -0.15) is 0 Å². The number of carbonyl (C=O) groups is 2. The third-order valence-electron chi connectivity index (χ3n) is 5.86. The first-order chi connectivity index (χ1) is 17.6. The highest BCUT2D eigenvalue weighted by Gasteiger charge is 2.33. The topological polar surface area (TPSA) is 96.0 Å². The van der Waals surface area contributed by atoms with Crippen LogP contribution in [-0.2, 0) is 32.6 Å². The summed E-state index contributed by atoms with van der Waals surface area (Å²) in [6, 6.07) is 20.2. The van der Waals surface area contributed by atoms with Crippen LogP contribution in [0.25, 0.3) is 0 Å². The highest BCUT2D eigenvalue weighted by Crippen LogP contribution is 2.23. The van der Waals surface area contributed by atoms with Gasteiger partial charge >= 0.3 is 0 Å². The molecule has 0 radical (unpaired) electrons. The largest absolute Gasteiger partial charge is 0.497 e. The molecule has 37 heavy (non-hydrogen) atoms. The van der Waals surface area contributed by atoms with Crippen molar-refractivity contribution in [2.75, 3.05) is 31.3 Å². The van der Waals surface area contributed by atoms with Gasteiger partial charge in [0.15, 0.2) is 0 Å². The maximum absolute atomic E-state index is 14.6. The molecule has 0 saturated heterocycles. The summed E-state index contributed by atoms with van der Waals surface area (Å²) in [6.45, 7) is -0.807. The summed E-state index contributed by atoms with van der Waals surface area (Å²) in [4.78, 5) is 28.0. The first-order valence-corrected chi connectivity index (χ1v) is 13.4. The van der Waals surface area contributed by atoms with Crippen molar-refractivity contribution in [3.05, 3.63) is 95.8 Å². The Morgan fingerprint density at radius 3 is 2.16 bits per heavy atom. The van der Waals surface area contributed by atoms with E-state index in [4.69, 9.17) is 4.74 Å². The Labute approximate surface area is 216 Å². The fourth-order valence-corrected chi connectivity index (χ4v) is 4.74. The second-order valence-corrected chi connectivity index (χ2v) is 10.3. The molecule has 0 aliphatic carbocycles. The van der Waals surface area contributed by atoms with E-state index in [1.807, 2.05) is 30.3 Å². The van der Waals surface area contributed by atoms with Crippen LogP contribution in [0.4, 0.5) is 10.1 Å². The number of hydrogen-bond acceptors (Lipinski definition) is 5. The fraction of sp³-hybridized carbons (Fsp3) is 0.259. The lowest BCUT2D eigenvalue weighted by molar-refractivity contribution is -0.139. The number of likely N-dealkylation sites (N-methyl/N-ethyl adjacent to an activating group) is 1. The number of sulfonamides is 1. The predicted molar refractivity (Wildman–Crippen MR) is 140 cm³/mol. The van der Waals surface area contributed by atoms with E-state index in [9.17, 15) is 22.4 Å². The molecule has 8 nitrogen and oxygen atoms in total. The lowest BCUT2D eigenvalue weighted by Gasteiger charge is -2.33. The number of halogens is 1. The van der Waals surface area contributed by atoms with Crippen LogP contribution in [0.15, 0.2) is 78.9 Å². The number of benzene rings is 3. The average Bonchev–Trinajstić information content (AvgIpc) is 2.89. The summed E-state index contributed by atoms with van der Waals surface area (Å²) in [5, 5.41) is 2.58. The Kier molecular flexibility index (Phi) is 9.24. The summed E-state index contributed by atoms with van der Waals surface area (Å²) in [7, 11) is -0.951. The molecular formula is C27H30FN3O5S. The smallest absolute Gasteiger partial charge is 0.244 e. The van der Waals surface area contributed by atoms with Crippen LogP contribution in [0.2, 0.25) is 0 Å². The maximum atomic E-state index is 14.6. The van der Waals surface area contributed by atoms with Crippen molar-refractivity contribution in [2.45, 2.75) is 19.0 Å².